The molecule has 1 N–H and O–H groups in total. The van der Waals surface area contributed by atoms with Crippen molar-refractivity contribution in [3.8, 4) is 0 Å². The smallest absolute Gasteiger partial charge is 0.235 e. The number of nitrogens with one attached hydrogen (secondary N) is 1. The Morgan fingerprint density at radius 1 is 1.64 bits per heavy atom. The second-order valence-electron chi connectivity index (χ2n) is 4.65. The highest BCUT2D eigenvalue weighted by molar-refractivity contribution is 6.27. The summed E-state index contributed by atoms with van der Waals surface area (Å²) < 4.78 is 0. The van der Waals surface area contributed by atoms with Crippen LogP contribution < -0.4 is 5.32 Å². The summed E-state index contributed by atoms with van der Waals surface area (Å²) in [5.41, 5.74) is -0.142. The van der Waals surface area contributed by atoms with E-state index in [9.17, 15) is 4.79 Å². The maximum Gasteiger partial charge on any atom is 0.235 e. The van der Waals surface area contributed by atoms with Gasteiger partial charge < -0.3 is 10.2 Å². The molecular formula is C10H19ClN2O. The lowest BCUT2D eigenvalue weighted by atomic mass is 9.86. The predicted molar refractivity (Wildman–Crippen MR) is 58.5 cm³/mol. The zero-order valence-electron chi connectivity index (χ0n) is 9.14. The Morgan fingerprint density at radius 3 is 2.71 bits per heavy atom. The topological polar surface area (TPSA) is 32.3 Å². The van der Waals surface area contributed by atoms with Crippen LogP contribution in [0.5, 0.6) is 0 Å². The van der Waals surface area contributed by atoms with Crippen LogP contribution in [-0.4, -0.2) is 42.4 Å². The molecule has 1 saturated heterocycles. The molecular weight excluding hydrogens is 200 g/mol. The van der Waals surface area contributed by atoms with Crippen molar-refractivity contribution in [1.29, 1.82) is 0 Å². The number of hydrogen-bond acceptors (Lipinski definition) is 2. The first-order chi connectivity index (χ1) is 6.45. The molecule has 0 aromatic carbocycles. The molecule has 3 nitrogen and oxygen atoms in total. The van der Waals surface area contributed by atoms with Crippen LogP contribution in [-0.2, 0) is 4.79 Å². The second kappa shape index (κ2) is 4.49. The van der Waals surface area contributed by atoms with Gasteiger partial charge in [-0.1, -0.05) is 0 Å². The van der Waals surface area contributed by atoms with Gasteiger partial charge in [0.2, 0.25) is 5.91 Å². The first-order valence-corrected chi connectivity index (χ1v) is 5.54. The highest BCUT2D eigenvalue weighted by Gasteiger charge is 2.34. The van der Waals surface area contributed by atoms with Crippen molar-refractivity contribution in [3.63, 3.8) is 0 Å². The Bertz CT molecular complexity index is 218. The molecule has 1 heterocycles. The van der Waals surface area contributed by atoms with E-state index in [1.807, 2.05) is 0 Å². The van der Waals surface area contributed by atoms with Gasteiger partial charge in [0.25, 0.3) is 0 Å². The molecule has 0 saturated carbocycles. The zero-order chi connectivity index (χ0) is 10.8. The van der Waals surface area contributed by atoms with Gasteiger partial charge in [0.1, 0.15) is 5.88 Å². The van der Waals surface area contributed by atoms with Crippen molar-refractivity contribution in [1.82, 2.24) is 10.2 Å². The number of rotatable bonds is 3. The molecule has 4 heteroatoms. The van der Waals surface area contributed by atoms with Crippen LogP contribution in [0.1, 0.15) is 20.3 Å². The molecule has 0 bridgehead atoms. The SMILES string of the molecule is CN1CCC(C(C)(C)NC(=O)CCl)C1. The fourth-order valence-corrected chi connectivity index (χ4v) is 2.09. The average Bonchev–Trinajstić information content (AvgIpc) is 2.51. The van der Waals surface area contributed by atoms with Crippen molar-refractivity contribution in [2.24, 2.45) is 5.92 Å². The highest BCUT2D eigenvalue weighted by Crippen LogP contribution is 2.26. The van der Waals surface area contributed by atoms with E-state index in [2.05, 4.69) is 31.1 Å². The van der Waals surface area contributed by atoms with Gasteiger partial charge in [0.05, 0.1) is 0 Å². The molecule has 1 atom stereocenters. The molecule has 1 aliphatic heterocycles. The number of amides is 1. The summed E-state index contributed by atoms with van der Waals surface area (Å²) in [5.74, 6) is 0.498. The molecule has 1 fully saturated rings. The first-order valence-electron chi connectivity index (χ1n) is 5.01. The largest absolute Gasteiger partial charge is 0.350 e. The lowest BCUT2D eigenvalue weighted by Crippen LogP contribution is -2.50. The van der Waals surface area contributed by atoms with Crippen LogP contribution in [0.2, 0.25) is 0 Å². The van der Waals surface area contributed by atoms with Crippen molar-refractivity contribution >= 4 is 17.5 Å². The molecule has 82 valence electrons. The molecule has 0 spiro atoms. The van der Waals surface area contributed by atoms with Crippen LogP contribution in [0.3, 0.4) is 0 Å². The van der Waals surface area contributed by atoms with Crippen LogP contribution >= 0.6 is 11.6 Å². The minimum absolute atomic E-state index is 0.0476. The average molecular weight is 219 g/mol. The number of nitrogens with zero attached hydrogens (tertiary/aromatic N) is 1. The Hall–Kier alpha value is -0.280. The molecule has 0 aromatic heterocycles. The summed E-state index contributed by atoms with van der Waals surface area (Å²) in [6.07, 6.45) is 1.14. The molecule has 0 radical (unpaired) electrons. The quantitative estimate of drug-likeness (QED) is 0.719. The Balaban J connectivity index is 2.51. The van der Waals surface area contributed by atoms with Crippen LogP contribution in [0, 0.1) is 5.92 Å². The van der Waals surface area contributed by atoms with Gasteiger partial charge in [0.15, 0.2) is 0 Å². The Kier molecular flexibility index (Phi) is 3.78. The van der Waals surface area contributed by atoms with E-state index in [1.54, 1.807) is 0 Å². The summed E-state index contributed by atoms with van der Waals surface area (Å²) >= 11 is 5.47. The van der Waals surface area contributed by atoms with Crippen molar-refractivity contribution in [2.45, 2.75) is 25.8 Å². The van der Waals surface area contributed by atoms with Crippen LogP contribution in [0.15, 0.2) is 0 Å². The number of likely N-dealkylation sites (tertiary alicyclic amines) is 1. The summed E-state index contributed by atoms with van der Waals surface area (Å²) in [6, 6.07) is 0. The van der Waals surface area contributed by atoms with Gasteiger partial charge in [-0.2, -0.15) is 0 Å². The van der Waals surface area contributed by atoms with Crippen molar-refractivity contribution < 1.29 is 4.79 Å². The van der Waals surface area contributed by atoms with E-state index in [0.717, 1.165) is 19.5 Å². The van der Waals surface area contributed by atoms with Gasteiger partial charge in [-0.3, -0.25) is 4.79 Å². The minimum Gasteiger partial charge on any atom is -0.350 e. The lowest BCUT2D eigenvalue weighted by molar-refractivity contribution is -0.120. The summed E-state index contributed by atoms with van der Waals surface area (Å²) in [5, 5.41) is 2.97. The third kappa shape index (κ3) is 2.85. The van der Waals surface area contributed by atoms with E-state index in [-0.39, 0.29) is 17.3 Å². The Labute approximate surface area is 90.8 Å². The van der Waals surface area contributed by atoms with Gasteiger partial charge in [-0.05, 0) is 39.8 Å². The van der Waals surface area contributed by atoms with E-state index < -0.39 is 0 Å². The molecule has 1 unspecified atom stereocenters. The fraction of sp³-hybridized carbons (Fsp3) is 0.900. The van der Waals surface area contributed by atoms with Gasteiger partial charge in [-0.15, -0.1) is 11.6 Å². The molecule has 1 rings (SSSR count). The maximum atomic E-state index is 11.2. The fourth-order valence-electron chi connectivity index (χ4n) is 2.02. The number of carbonyl (C=O) groups is 1. The first kappa shape index (κ1) is 11.8. The zero-order valence-corrected chi connectivity index (χ0v) is 9.90. The molecule has 0 aliphatic carbocycles. The molecule has 14 heavy (non-hydrogen) atoms. The monoisotopic (exact) mass is 218 g/mol. The third-order valence-electron chi connectivity index (χ3n) is 2.99. The number of carbonyl (C=O) groups excluding carboxylic acids is 1. The van der Waals surface area contributed by atoms with E-state index in [0.29, 0.717) is 5.92 Å². The normalized spacial score (nSPS) is 23.9. The van der Waals surface area contributed by atoms with Crippen LogP contribution in [0.4, 0.5) is 0 Å². The number of alkyl halides is 1. The van der Waals surface area contributed by atoms with Crippen molar-refractivity contribution in [2.75, 3.05) is 26.0 Å². The molecule has 0 aromatic rings. The summed E-state index contributed by atoms with van der Waals surface area (Å²) in [7, 11) is 2.11. The highest BCUT2D eigenvalue weighted by atomic mass is 35.5. The van der Waals surface area contributed by atoms with Gasteiger partial charge >= 0.3 is 0 Å². The standard InChI is InChI=1S/C10H19ClN2O/c1-10(2,12-9(14)6-11)8-4-5-13(3)7-8/h8H,4-7H2,1-3H3,(H,12,14). The Morgan fingerprint density at radius 2 is 2.29 bits per heavy atom. The molecule has 1 aliphatic rings. The molecule has 1 amide bonds. The lowest BCUT2D eigenvalue weighted by Gasteiger charge is -2.32. The van der Waals surface area contributed by atoms with Crippen molar-refractivity contribution in [3.05, 3.63) is 0 Å². The van der Waals surface area contributed by atoms with E-state index >= 15 is 0 Å². The maximum absolute atomic E-state index is 11.2. The third-order valence-corrected chi connectivity index (χ3v) is 3.24. The van der Waals surface area contributed by atoms with Gasteiger partial charge in [-0.25, -0.2) is 0 Å². The second-order valence-corrected chi connectivity index (χ2v) is 4.92. The number of hydrogen-bond donors (Lipinski definition) is 1. The minimum atomic E-state index is -0.142. The summed E-state index contributed by atoms with van der Waals surface area (Å²) in [6.45, 7) is 6.31. The van der Waals surface area contributed by atoms with Gasteiger partial charge in [0, 0.05) is 12.1 Å². The predicted octanol–water partition coefficient (Wildman–Crippen LogP) is 1.07. The van der Waals surface area contributed by atoms with E-state index in [4.69, 9.17) is 11.6 Å². The number of halogens is 1. The van der Waals surface area contributed by atoms with E-state index in [1.165, 1.54) is 0 Å². The summed E-state index contributed by atoms with van der Waals surface area (Å²) in [4.78, 5) is 13.5. The van der Waals surface area contributed by atoms with Crippen LogP contribution in [0.25, 0.3) is 0 Å².